The van der Waals surface area contributed by atoms with Crippen molar-refractivity contribution in [3.05, 3.63) is 332 Å². The molecule has 11 rings (SSSR count). The molecule has 16 heteroatoms. The zero-order valence-corrected chi connectivity index (χ0v) is 59.7. The smallest absolute Gasteiger partial charge is 0.161 e. The third-order valence-electron chi connectivity index (χ3n) is 14.6. The number of rotatable bonds is 13. The van der Waals surface area contributed by atoms with E-state index in [-0.39, 0.29) is 34.0 Å². The minimum atomic E-state index is -0.780. The van der Waals surface area contributed by atoms with Gasteiger partial charge in [-0.15, -0.1) is 0 Å². The summed E-state index contributed by atoms with van der Waals surface area (Å²) in [5.74, 6) is -2.36. The average Bonchev–Trinajstić information content (AvgIpc) is 1.63. The van der Waals surface area contributed by atoms with Crippen LogP contribution in [-0.4, -0.2) is 21.9 Å². The van der Waals surface area contributed by atoms with Gasteiger partial charge in [0.15, 0.2) is 23.3 Å². The standard InChI is InChI=1S/C11H14O.C10H10O.C9H12O.C8H8ClF.4C8H8F2.C8H10O2.C6H8O/c1-3-9-12-11-8-6-5-7-10(11)4-2;1-2-9-7-8-5-3-4-6-10(8)11-9;1-3-8-4-5-9(10)7(2)6-8;1-2-6-3-4-8(10)7(9)5-6;1-2-6-5-7(9)3-4-8(6)10;1-2-6-3-4-7(9)5-8(6)10;1-2-6-3-4-7(9)8(10)5-6;1-2-6-4-3-5-7(9)8(6)10;1-2-6-3-4-7(9)5-8(6)10;1-2-6-3-4-7-5-6/h3,5-8H,1,4,9H2,2H3;3-7H,2H2,1H3;4-6,10H,3H2,1-2H3;5*3-5H,2H2,1H3;3-5,9-10H,2H2,1H3;3-5H,2H2,1H3. The minimum Gasteiger partial charge on any atom is -0.508 e. The van der Waals surface area contributed by atoms with Crippen LogP contribution in [0.4, 0.5) is 39.5 Å². The van der Waals surface area contributed by atoms with Gasteiger partial charge in [-0.2, -0.15) is 0 Å². The lowest BCUT2D eigenvalue weighted by molar-refractivity contribution is 0.359. The Kier molecular flexibility index (Phi) is 42.4. The van der Waals surface area contributed by atoms with Gasteiger partial charge in [-0.1, -0.05) is 178 Å². The van der Waals surface area contributed by atoms with Crippen molar-refractivity contribution >= 4 is 22.6 Å². The lowest BCUT2D eigenvalue weighted by atomic mass is 10.1. The summed E-state index contributed by atoms with van der Waals surface area (Å²) in [6, 6.07) is 50.6. The van der Waals surface area contributed by atoms with Crippen LogP contribution in [0.1, 0.15) is 131 Å². The van der Waals surface area contributed by atoms with Gasteiger partial charge in [0.1, 0.15) is 70.0 Å². The number of furan rings is 2. The van der Waals surface area contributed by atoms with Crippen LogP contribution < -0.4 is 4.74 Å². The van der Waals surface area contributed by atoms with Gasteiger partial charge in [0, 0.05) is 23.9 Å². The molecule has 0 atom stereocenters. The van der Waals surface area contributed by atoms with Gasteiger partial charge < -0.3 is 28.9 Å². The molecule has 0 aliphatic carbocycles. The second-order valence-corrected chi connectivity index (χ2v) is 22.1. The molecule has 536 valence electrons. The summed E-state index contributed by atoms with van der Waals surface area (Å²) in [6.45, 7) is 25.8. The maximum Gasteiger partial charge on any atom is 0.161 e. The first kappa shape index (κ1) is 86.5. The Morgan fingerprint density at radius 2 is 0.960 bits per heavy atom. The van der Waals surface area contributed by atoms with Crippen molar-refractivity contribution in [1.82, 2.24) is 0 Å². The molecule has 0 amide bonds. The van der Waals surface area contributed by atoms with Crippen LogP contribution in [0.5, 0.6) is 23.0 Å². The number of phenolic OH excluding ortho intramolecular Hbond substituents is 3. The summed E-state index contributed by atoms with van der Waals surface area (Å²) in [5.41, 5.74) is 9.89. The average molecular weight is 1410 g/mol. The molecule has 100 heavy (non-hydrogen) atoms. The molecular weight excluding hydrogens is 1310 g/mol. The van der Waals surface area contributed by atoms with E-state index >= 15 is 0 Å². The van der Waals surface area contributed by atoms with Gasteiger partial charge in [-0.3, -0.25) is 0 Å². The summed E-state index contributed by atoms with van der Waals surface area (Å²) >= 11 is 5.52. The molecule has 11 aromatic rings. The maximum absolute atomic E-state index is 12.6. The summed E-state index contributed by atoms with van der Waals surface area (Å²) in [7, 11) is 0. The zero-order valence-electron chi connectivity index (χ0n) is 59.0. The number of hydrogen-bond acceptors (Lipinski definition) is 6. The fourth-order valence-corrected chi connectivity index (χ4v) is 8.75. The molecule has 2 aromatic heterocycles. The lowest BCUT2D eigenvalue weighted by Crippen LogP contribution is -1.95. The Morgan fingerprint density at radius 1 is 0.410 bits per heavy atom. The molecular formula is C84H94ClF9O6. The van der Waals surface area contributed by atoms with E-state index in [4.69, 9.17) is 40.5 Å². The Bertz CT molecular complexity index is 3890. The van der Waals surface area contributed by atoms with E-state index in [0.29, 0.717) is 48.3 Å². The SMILES string of the molecule is C=CCOc1ccccc1CC.CCc1cc(F)ccc1F.CCc1cc2ccccc2o1.CCc1ccc(F)c(Cl)c1.CCc1ccc(F)c(F)c1.CCc1ccc(F)cc1F.CCc1ccc(O)c(C)c1.CCc1ccc(O)cc1O.CCc1cccc(F)c1F.CCc1ccoc1. The van der Waals surface area contributed by atoms with Crippen molar-refractivity contribution in [2.75, 3.05) is 6.61 Å². The van der Waals surface area contributed by atoms with Crippen molar-refractivity contribution in [2.24, 2.45) is 0 Å². The molecule has 9 aromatic carbocycles. The van der Waals surface area contributed by atoms with E-state index in [1.54, 1.807) is 74.9 Å². The maximum atomic E-state index is 12.6. The highest BCUT2D eigenvalue weighted by Gasteiger charge is 2.06. The summed E-state index contributed by atoms with van der Waals surface area (Å²) in [4.78, 5) is 0. The highest BCUT2D eigenvalue weighted by atomic mass is 35.5. The summed E-state index contributed by atoms with van der Waals surface area (Å²) < 4.78 is 128. The molecule has 0 radical (unpaired) electrons. The van der Waals surface area contributed by atoms with E-state index in [1.807, 2.05) is 89.2 Å². The Balaban J connectivity index is 0.000000378. The first-order valence-corrected chi connectivity index (χ1v) is 33.5. The van der Waals surface area contributed by atoms with Crippen LogP contribution in [0.25, 0.3) is 11.0 Å². The number of para-hydroxylation sites is 2. The molecule has 0 spiro atoms. The van der Waals surface area contributed by atoms with E-state index in [9.17, 15) is 39.5 Å². The number of hydrogen-bond donors (Lipinski definition) is 3. The molecule has 0 fully saturated rings. The molecule has 6 nitrogen and oxygen atoms in total. The van der Waals surface area contributed by atoms with E-state index in [2.05, 4.69) is 52.5 Å². The van der Waals surface area contributed by atoms with Crippen LogP contribution in [0, 0.1) is 59.3 Å². The summed E-state index contributed by atoms with van der Waals surface area (Å²) in [6.07, 6.45) is 13.4. The van der Waals surface area contributed by atoms with Crippen molar-refractivity contribution in [1.29, 1.82) is 0 Å². The zero-order chi connectivity index (χ0) is 74.5. The Morgan fingerprint density at radius 3 is 1.48 bits per heavy atom. The number of aryl methyl sites for hydroxylation is 11. The van der Waals surface area contributed by atoms with Gasteiger partial charge in [-0.25, -0.2) is 39.5 Å². The Hall–Kier alpha value is -9.60. The largest absolute Gasteiger partial charge is 0.508 e. The van der Waals surface area contributed by atoms with Gasteiger partial charge in [0.05, 0.1) is 17.5 Å². The molecule has 3 N–H and O–H groups in total. The second-order valence-electron chi connectivity index (χ2n) is 21.7. The molecule has 0 saturated heterocycles. The Labute approximate surface area is 590 Å². The third-order valence-corrected chi connectivity index (χ3v) is 14.9. The van der Waals surface area contributed by atoms with Crippen molar-refractivity contribution in [3.63, 3.8) is 0 Å². The lowest BCUT2D eigenvalue weighted by Gasteiger charge is -2.07. The van der Waals surface area contributed by atoms with Crippen LogP contribution in [0.3, 0.4) is 0 Å². The van der Waals surface area contributed by atoms with E-state index < -0.39 is 34.9 Å². The van der Waals surface area contributed by atoms with Crippen molar-refractivity contribution in [2.45, 2.75) is 140 Å². The van der Waals surface area contributed by atoms with Crippen LogP contribution >= 0.6 is 11.6 Å². The van der Waals surface area contributed by atoms with Crippen molar-refractivity contribution < 1.29 is 68.4 Å². The predicted molar refractivity (Wildman–Crippen MR) is 390 cm³/mol. The van der Waals surface area contributed by atoms with Gasteiger partial charge in [-0.05, 0) is 211 Å². The quantitative estimate of drug-likeness (QED) is 0.0786. The predicted octanol–water partition coefficient (Wildman–Crippen LogP) is 24.7. The van der Waals surface area contributed by atoms with Crippen molar-refractivity contribution in [3.8, 4) is 23.0 Å². The topological polar surface area (TPSA) is 96.2 Å². The van der Waals surface area contributed by atoms with E-state index in [1.165, 1.54) is 64.5 Å². The second kappa shape index (κ2) is 49.0. The monoisotopic (exact) mass is 1400 g/mol. The molecule has 0 aliphatic heterocycles. The van der Waals surface area contributed by atoms with Crippen LogP contribution in [0.15, 0.2) is 222 Å². The van der Waals surface area contributed by atoms with Crippen LogP contribution in [-0.2, 0) is 64.2 Å². The van der Waals surface area contributed by atoms with Gasteiger partial charge >= 0.3 is 0 Å². The molecule has 2 heterocycles. The molecule has 0 aliphatic rings. The van der Waals surface area contributed by atoms with Gasteiger partial charge in [0.2, 0.25) is 0 Å². The molecule has 0 unspecified atom stereocenters. The first-order valence-electron chi connectivity index (χ1n) is 33.2. The first-order chi connectivity index (χ1) is 47.9. The highest BCUT2D eigenvalue weighted by Crippen LogP contribution is 2.24. The number of benzene rings is 9. The molecule has 0 bridgehead atoms. The third kappa shape index (κ3) is 32.8. The number of phenols is 3. The van der Waals surface area contributed by atoms with Crippen LogP contribution in [0.2, 0.25) is 5.02 Å². The minimum absolute atomic E-state index is 0.106. The highest BCUT2D eigenvalue weighted by molar-refractivity contribution is 6.30. The number of ether oxygens (including phenoxy) is 1. The number of aromatic hydroxyl groups is 3. The number of fused-ring (bicyclic) bond motifs is 1. The fourth-order valence-electron chi connectivity index (χ4n) is 8.54. The van der Waals surface area contributed by atoms with Gasteiger partial charge in [0.25, 0.3) is 0 Å². The fraction of sp³-hybridized carbons (Fsp3) is 0.262. The molecule has 0 saturated carbocycles. The normalized spacial score (nSPS) is 9.85. The number of halogens is 10. The summed E-state index contributed by atoms with van der Waals surface area (Å²) in [5, 5.41) is 28.5. The van der Waals surface area contributed by atoms with E-state index in [0.717, 1.165) is 115 Å².